The Morgan fingerprint density at radius 2 is 1.77 bits per heavy atom. The molecule has 0 saturated heterocycles. The molecule has 0 heterocycles. The van der Waals surface area contributed by atoms with Crippen molar-refractivity contribution < 1.29 is 0 Å². The second-order valence-electron chi connectivity index (χ2n) is 5.08. The first-order valence-corrected chi connectivity index (χ1v) is 9.16. The highest BCUT2D eigenvalue weighted by Gasteiger charge is 2.03. The molecule has 2 nitrogen and oxygen atoms in total. The molecule has 2 N–H and O–H groups in total. The number of hydrogen-bond donors (Lipinski definition) is 2. The van der Waals surface area contributed by atoms with Crippen LogP contribution >= 0.6 is 24.0 Å². The monoisotopic (exact) mass is 330 g/mol. The molecule has 0 amide bonds. The van der Waals surface area contributed by atoms with E-state index in [1.807, 2.05) is 18.2 Å². The van der Waals surface area contributed by atoms with Crippen LogP contribution in [0, 0.1) is 0 Å². The van der Waals surface area contributed by atoms with Crippen LogP contribution in [0.4, 0.5) is 11.4 Å². The fraction of sp³-hybridized carbons (Fsp3) is 0.278. The molecule has 0 atom stereocenters. The van der Waals surface area contributed by atoms with Crippen LogP contribution < -0.4 is 10.6 Å². The third kappa shape index (κ3) is 5.04. The normalized spacial score (nSPS) is 10.3. The summed E-state index contributed by atoms with van der Waals surface area (Å²) in [5.74, 6) is 0. The number of aryl methyl sites for hydroxylation is 1. The van der Waals surface area contributed by atoms with Crippen molar-refractivity contribution in [3.05, 3.63) is 54.1 Å². The maximum atomic E-state index is 5.40. The Hall–Kier alpha value is -1.52. The molecular weight excluding hydrogens is 308 g/mol. The molecule has 2 aromatic rings. The number of unbranched alkanes of at least 4 members (excludes halogenated alkanes) is 1. The second-order valence-corrected chi connectivity index (χ2v) is 6.34. The zero-order valence-electron chi connectivity index (χ0n) is 13.1. The minimum absolute atomic E-state index is 0.614. The fourth-order valence-electron chi connectivity index (χ4n) is 2.17. The van der Waals surface area contributed by atoms with E-state index < -0.39 is 0 Å². The van der Waals surface area contributed by atoms with Crippen molar-refractivity contribution in [3.63, 3.8) is 0 Å². The Kier molecular flexibility index (Phi) is 6.74. The third-order valence-corrected chi connectivity index (χ3v) is 4.39. The molecule has 0 saturated carbocycles. The minimum Gasteiger partial charge on any atom is -0.332 e. The predicted molar refractivity (Wildman–Crippen MR) is 103 cm³/mol. The molecule has 0 radical (unpaired) electrons. The van der Waals surface area contributed by atoms with Gasteiger partial charge in [0.2, 0.25) is 0 Å². The van der Waals surface area contributed by atoms with Crippen LogP contribution in [0.25, 0.3) is 0 Å². The van der Waals surface area contributed by atoms with E-state index in [1.54, 1.807) is 11.8 Å². The Bertz CT molecular complexity index is 609. The van der Waals surface area contributed by atoms with E-state index in [1.165, 1.54) is 23.3 Å². The van der Waals surface area contributed by atoms with Crippen molar-refractivity contribution in [2.45, 2.75) is 31.1 Å². The van der Waals surface area contributed by atoms with E-state index in [4.69, 9.17) is 12.2 Å². The quantitative estimate of drug-likeness (QED) is 0.535. The average Bonchev–Trinajstić information content (AvgIpc) is 2.54. The lowest BCUT2D eigenvalue weighted by Gasteiger charge is -2.13. The van der Waals surface area contributed by atoms with Gasteiger partial charge in [0.05, 0.1) is 5.69 Å². The highest BCUT2D eigenvalue weighted by atomic mass is 32.2. The number of anilines is 2. The second kappa shape index (κ2) is 8.81. The zero-order chi connectivity index (χ0) is 15.8. The van der Waals surface area contributed by atoms with Crippen LogP contribution in [0.2, 0.25) is 0 Å². The molecule has 0 unspecified atom stereocenters. The van der Waals surface area contributed by atoms with Crippen LogP contribution in [-0.2, 0) is 6.42 Å². The van der Waals surface area contributed by atoms with E-state index in [-0.39, 0.29) is 0 Å². The van der Waals surface area contributed by atoms with E-state index in [2.05, 4.69) is 54.1 Å². The molecule has 116 valence electrons. The maximum Gasteiger partial charge on any atom is 0.175 e. The summed E-state index contributed by atoms with van der Waals surface area (Å²) in [7, 11) is 0. The lowest BCUT2D eigenvalue weighted by molar-refractivity contribution is 0.795. The van der Waals surface area contributed by atoms with Gasteiger partial charge in [0.25, 0.3) is 0 Å². The van der Waals surface area contributed by atoms with Crippen molar-refractivity contribution in [2.75, 3.05) is 16.9 Å². The van der Waals surface area contributed by atoms with E-state index in [9.17, 15) is 0 Å². The number of nitrogens with one attached hydrogen (secondary N) is 2. The number of benzene rings is 2. The Morgan fingerprint density at radius 1 is 1.05 bits per heavy atom. The number of thiocarbonyl (C=S) groups is 1. The number of hydrogen-bond acceptors (Lipinski definition) is 2. The predicted octanol–water partition coefficient (Wildman–Crippen LogP) is 5.56. The number of rotatable bonds is 6. The standard InChI is InChI=1S/C18H22N2S2/c1-3-4-7-14-10-12-15(13-11-14)19-18(21)20-16-8-5-6-9-17(16)22-2/h5-6,8-13H,3-4,7H2,1-2H3,(H2,19,20,21). The highest BCUT2D eigenvalue weighted by molar-refractivity contribution is 7.98. The molecule has 0 aromatic heterocycles. The SMILES string of the molecule is CCCCc1ccc(NC(=S)Nc2ccccc2SC)cc1. The van der Waals surface area contributed by atoms with Crippen LogP contribution in [-0.4, -0.2) is 11.4 Å². The Labute approximate surface area is 142 Å². The molecule has 2 rings (SSSR count). The molecule has 0 aliphatic heterocycles. The van der Waals surface area contributed by atoms with Gasteiger partial charge in [-0.1, -0.05) is 37.6 Å². The topological polar surface area (TPSA) is 24.1 Å². The summed E-state index contributed by atoms with van der Waals surface area (Å²) >= 11 is 7.10. The first-order chi connectivity index (χ1) is 10.7. The first-order valence-electron chi connectivity index (χ1n) is 7.53. The number of thioether (sulfide) groups is 1. The largest absolute Gasteiger partial charge is 0.332 e. The smallest absolute Gasteiger partial charge is 0.175 e. The summed E-state index contributed by atoms with van der Waals surface area (Å²) in [4.78, 5) is 1.18. The first kappa shape index (κ1) is 16.8. The van der Waals surface area contributed by atoms with E-state index in [0.29, 0.717) is 5.11 Å². The van der Waals surface area contributed by atoms with Crippen molar-refractivity contribution in [3.8, 4) is 0 Å². The third-order valence-electron chi connectivity index (χ3n) is 3.39. The van der Waals surface area contributed by atoms with Crippen molar-refractivity contribution in [2.24, 2.45) is 0 Å². The average molecular weight is 331 g/mol. The van der Waals surface area contributed by atoms with Crippen molar-refractivity contribution >= 4 is 40.5 Å². The molecule has 0 spiro atoms. The van der Waals surface area contributed by atoms with Gasteiger partial charge in [-0.2, -0.15) is 0 Å². The Balaban J connectivity index is 1.94. The highest BCUT2D eigenvalue weighted by Crippen LogP contribution is 2.24. The number of para-hydroxylation sites is 1. The van der Waals surface area contributed by atoms with Crippen LogP contribution in [0.5, 0.6) is 0 Å². The summed E-state index contributed by atoms with van der Waals surface area (Å²) in [5, 5.41) is 7.11. The van der Waals surface area contributed by atoms with Crippen LogP contribution in [0.3, 0.4) is 0 Å². The summed E-state index contributed by atoms with van der Waals surface area (Å²) in [6.07, 6.45) is 5.66. The van der Waals surface area contributed by atoms with Crippen LogP contribution in [0.15, 0.2) is 53.4 Å². The lowest BCUT2D eigenvalue weighted by atomic mass is 10.1. The molecule has 22 heavy (non-hydrogen) atoms. The molecule has 4 heteroatoms. The van der Waals surface area contributed by atoms with Crippen molar-refractivity contribution in [1.82, 2.24) is 0 Å². The Morgan fingerprint density at radius 3 is 2.45 bits per heavy atom. The molecule has 0 bridgehead atoms. The summed E-state index contributed by atoms with van der Waals surface area (Å²) in [6.45, 7) is 2.21. The summed E-state index contributed by atoms with van der Waals surface area (Å²) in [5.41, 5.74) is 3.42. The molecule has 2 aromatic carbocycles. The summed E-state index contributed by atoms with van der Waals surface area (Å²) < 4.78 is 0. The lowest BCUT2D eigenvalue weighted by Crippen LogP contribution is -2.19. The van der Waals surface area contributed by atoms with Crippen LogP contribution in [0.1, 0.15) is 25.3 Å². The van der Waals surface area contributed by atoms with Gasteiger partial charge < -0.3 is 10.6 Å². The van der Waals surface area contributed by atoms with Gasteiger partial charge in [0.15, 0.2) is 5.11 Å². The minimum atomic E-state index is 0.614. The van der Waals surface area contributed by atoms with E-state index >= 15 is 0 Å². The molecule has 0 aliphatic carbocycles. The molecule has 0 fully saturated rings. The van der Waals surface area contributed by atoms with Gasteiger partial charge >= 0.3 is 0 Å². The van der Waals surface area contributed by atoms with Gasteiger partial charge in [-0.05, 0) is 61.1 Å². The zero-order valence-corrected chi connectivity index (χ0v) is 14.7. The van der Waals surface area contributed by atoms with Crippen molar-refractivity contribution in [1.29, 1.82) is 0 Å². The maximum absolute atomic E-state index is 5.40. The summed E-state index contributed by atoms with van der Waals surface area (Å²) in [6, 6.07) is 16.6. The molecular formula is C18H22N2S2. The van der Waals surface area contributed by atoms with Gasteiger partial charge in [0.1, 0.15) is 0 Å². The van der Waals surface area contributed by atoms with Gasteiger partial charge in [0, 0.05) is 10.6 Å². The fourth-order valence-corrected chi connectivity index (χ4v) is 2.95. The molecule has 0 aliphatic rings. The van der Waals surface area contributed by atoms with Gasteiger partial charge in [-0.3, -0.25) is 0 Å². The van der Waals surface area contributed by atoms with E-state index in [0.717, 1.165) is 17.8 Å². The van der Waals surface area contributed by atoms with Gasteiger partial charge in [-0.25, -0.2) is 0 Å². The van der Waals surface area contributed by atoms with Gasteiger partial charge in [-0.15, -0.1) is 11.8 Å².